The fourth-order valence-corrected chi connectivity index (χ4v) is 4.07. The minimum atomic E-state index is -0.399. The highest BCUT2D eigenvalue weighted by Crippen LogP contribution is 2.26. The average molecular weight is 410 g/mol. The Hall–Kier alpha value is -2.60. The van der Waals surface area contributed by atoms with Gasteiger partial charge in [0.05, 0.1) is 16.2 Å². The Kier molecular flexibility index (Phi) is 6.75. The molecule has 29 heavy (non-hydrogen) atoms. The molecule has 1 amide bonds. The highest BCUT2D eigenvalue weighted by molar-refractivity contribution is 8.00. The molecule has 2 aromatic carbocycles. The number of carbonyl (C=O) groups is 1. The van der Waals surface area contributed by atoms with Crippen molar-refractivity contribution in [2.75, 3.05) is 5.32 Å². The number of nitrogens with one attached hydrogen (secondary N) is 1. The highest BCUT2D eigenvalue weighted by atomic mass is 32.2. The van der Waals surface area contributed by atoms with Crippen LogP contribution >= 0.6 is 11.8 Å². The van der Waals surface area contributed by atoms with Crippen molar-refractivity contribution < 1.29 is 4.79 Å². The maximum Gasteiger partial charge on any atom is 0.262 e. The van der Waals surface area contributed by atoms with Gasteiger partial charge in [-0.05, 0) is 56.5 Å². The van der Waals surface area contributed by atoms with Crippen LogP contribution < -0.4 is 10.9 Å². The van der Waals surface area contributed by atoms with Crippen LogP contribution in [0.5, 0.6) is 0 Å². The van der Waals surface area contributed by atoms with Crippen LogP contribution in [0.4, 0.5) is 5.69 Å². The number of amides is 1. The maximum atomic E-state index is 13.1. The molecule has 3 rings (SSSR count). The molecule has 0 fully saturated rings. The van der Waals surface area contributed by atoms with Crippen LogP contribution in [0.1, 0.15) is 45.7 Å². The number of para-hydroxylation sites is 1. The van der Waals surface area contributed by atoms with E-state index in [1.54, 1.807) is 10.6 Å². The molecular formula is C23H27N3O2S. The van der Waals surface area contributed by atoms with E-state index in [1.807, 2.05) is 63.2 Å². The Morgan fingerprint density at radius 1 is 1.10 bits per heavy atom. The third-order valence-corrected chi connectivity index (χ3v) is 6.15. The van der Waals surface area contributed by atoms with E-state index >= 15 is 0 Å². The molecule has 3 aromatic rings. The smallest absolute Gasteiger partial charge is 0.262 e. The number of rotatable bonds is 7. The number of nitrogens with zero attached hydrogens (tertiary/aromatic N) is 2. The van der Waals surface area contributed by atoms with Crippen molar-refractivity contribution >= 4 is 34.3 Å². The Morgan fingerprint density at radius 2 is 1.79 bits per heavy atom. The molecular weight excluding hydrogens is 382 g/mol. The fraction of sp³-hybridized carbons (Fsp3) is 0.348. The van der Waals surface area contributed by atoms with E-state index < -0.39 is 5.25 Å². The summed E-state index contributed by atoms with van der Waals surface area (Å²) in [6, 6.07) is 15.2. The Balaban J connectivity index is 1.87. The van der Waals surface area contributed by atoms with Crippen molar-refractivity contribution in [2.24, 2.45) is 0 Å². The number of hydrogen-bond acceptors (Lipinski definition) is 4. The van der Waals surface area contributed by atoms with Gasteiger partial charge in [-0.1, -0.05) is 49.9 Å². The number of fused-ring (bicyclic) bond motifs is 1. The average Bonchev–Trinajstić information content (AvgIpc) is 2.74. The zero-order chi connectivity index (χ0) is 21.0. The summed E-state index contributed by atoms with van der Waals surface area (Å²) in [5, 5.41) is 3.73. The first-order valence-corrected chi connectivity index (χ1v) is 10.9. The van der Waals surface area contributed by atoms with Crippen LogP contribution in [0.2, 0.25) is 0 Å². The van der Waals surface area contributed by atoms with Crippen LogP contribution in [-0.4, -0.2) is 20.7 Å². The van der Waals surface area contributed by atoms with Gasteiger partial charge in [0.2, 0.25) is 5.91 Å². The zero-order valence-electron chi connectivity index (χ0n) is 17.3. The van der Waals surface area contributed by atoms with E-state index in [-0.39, 0.29) is 17.5 Å². The van der Waals surface area contributed by atoms with Crippen molar-refractivity contribution in [3.05, 3.63) is 64.4 Å². The molecule has 0 saturated carbocycles. The predicted octanol–water partition coefficient (Wildman–Crippen LogP) is 5.05. The molecule has 0 saturated heterocycles. The van der Waals surface area contributed by atoms with Crippen molar-refractivity contribution in [3.63, 3.8) is 0 Å². The number of aryl methyl sites for hydroxylation is 1. The number of thioether (sulfide) groups is 1. The molecule has 0 aliphatic carbocycles. The van der Waals surface area contributed by atoms with Crippen molar-refractivity contribution in [1.82, 2.24) is 9.55 Å². The predicted molar refractivity (Wildman–Crippen MR) is 121 cm³/mol. The minimum absolute atomic E-state index is 0.000967. The fourth-order valence-electron chi connectivity index (χ4n) is 3.06. The summed E-state index contributed by atoms with van der Waals surface area (Å²) >= 11 is 1.32. The summed E-state index contributed by atoms with van der Waals surface area (Å²) in [5.74, 6) is -0.114. The third kappa shape index (κ3) is 4.70. The molecule has 0 bridgehead atoms. The molecule has 2 atom stereocenters. The van der Waals surface area contributed by atoms with Gasteiger partial charge >= 0.3 is 0 Å². The minimum Gasteiger partial charge on any atom is -0.325 e. The Labute approximate surface area is 175 Å². The molecule has 0 radical (unpaired) electrons. The summed E-state index contributed by atoms with van der Waals surface area (Å²) in [7, 11) is 0. The van der Waals surface area contributed by atoms with E-state index in [0.29, 0.717) is 16.1 Å². The SMILES string of the molecule is CCc1ccc(NC(=O)[C@@H](C)Sc2nc3ccccc3c(=O)n2[C@@H](C)CC)cc1. The first-order valence-electron chi connectivity index (χ1n) is 10.0. The van der Waals surface area contributed by atoms with E-state index in [2.05, 4.69) is 12.2 Å². The van der Waals surface area contributed by atoms with E-state index in [4.69, 9.17) is 4.98 Å². The molecule has 1 N–H and O–H groups in total. The molecule has 0 unspecified atom stereocenters. The van der Waals surface area contributed by atoms with Crippen LogP contribution in [0, 0.1) is 0 Å². The molecule has 1 heterocycles. The van der Waals surface area contributed by atoms with Crippen molar-refractivity contribution in [2.45, 2.75) is 57.0 Å². The van der Waals surface area contributed by atoms with Gasteiger partial charge in [0.15, 0.2) is 5.16 Å². The number of hydrogen-bond donors (Lipinski definition) is 1. The lowest BCUT2D eigenvalue weighted by Gasteiger charge is -2.20. The van der Waals surface area contributed by atoms with Gasteiger partial charge < -0.3 is 5.32 Å². The van der Waals surface area contributed by atoms with Gasteiger partial charge in [-0.15, -0.1) is 0 Å². The van der Waals surface area contributed by atoms with E-state index in [9.17, 15) is 9.59 Å². The normalized spacial score (nSPS) is 13.2. The zero-order valence-corrected chi connectivity index (χ0v) is 18.1. The lowest BCUT2D eigenvalue weighted by molar-refractivity contribution is -0.115. The maximum absolute atomic E-state index is 13.1. The lowest BCUT2D eigenvalue weighted by atomic mass is 10.1. The summed E-state index contributed by atoms with van der Waals surface area (Å²) in [6.07, 6.45) is 1.76. The summed E-state index contributed by atoms with van der Waals surface area (Å²) in [4.78, 5) is 30.5. The Bertz CT molecular complexity index is 1060. The molecule has 0 spiro atoms. The van der Waals surface area contributed by atoms with Crippen molar-refractivity contribution in [3.8, 4) is 0 Å². The standard InChI is InChI=1S/C23H27N3O2S/c1-5-15(3)26-22(28)19-9-7-8-10-20(19)25-23(26)29-16(4)21(27)24-18-13-11-17(6-2)12-14-18/h7-16H,5-6H2,1-4H3,(H,24,27)/t15-,16+/m0/s1. The third-order valence-electron chi connectivity index (χ3n) is 5.09. The largest absolute Gasteiger partial charge is 0.325 e. The van der Waals surface area contributed by atoms with Crippen LogP contribution in [0.25, 0.3) is 10.9 Å². The summed E-state index contributed by atoms with van der Waals surface area (Å²) in [6.45, 7) is 7.97. The molecule has 1 aromatic heterocycles. The summed E-state index contributed by atoms with van der Waals surface area (Å²) in [5.41, 5.74) is 2.59. The molecule has 152 valence electrons. The number of anilines is 1. The van der Waals surface area contributed by atoms with Crippen molar-refractivity contribution in [1.29, 1.82) is 0 Å². The number of benzene rings is 2. The van der Waals surface area contributed by atoms with Crippen LogP contribution in [-0.2, 0) is 11.2 Å². The van der Waals surface area contributed by atoms with Gasteiger partial charge in [0.1, 0.15) is 0 Å². The number of carbonyl (C=O) groups excluding carboxylic acids is 1. The van der Waals surface area contributed by atoms with Gasteiger partial charge in [-0.2, -0.15) is 0 Å². The van der Waals surface area contributed by atoms with Crippen LogP contribution in [0.15, 0.2) is 58.5 Å². The van der Waals surface area contributed by atoms with Crippen LogP contribution in [0.3, 0.4) is 0 Å². The van der Waals surface area contributed by atoms with E-state index in [1.165, 1.54) is 17.3 Å². The van der Waals surface area contributed by atoms with Gasteiger partial charge in [0.25, 0.3) is 5.56 Å². The van der Waals surface area contributed by atoms with Gasteiger partial charge in [-0.25, -0.2) is 4.98 Å². The summed E-state index contributed by atoms with van der Waals surface area (Å²) < 4.78 is 1.72. The second-order valence-electron chi connectivity index (χ2n) is 7.14. The number of aromatic nitrogens is 2. The first-order chi connectivity index (χ1) is 13.9. The second kappa shape index (κ2) is 9.27. The molecule has 5 nitrogen and oxygen atoms in total. The molecule has 0 aliphatic heterocycles. The monoisotopic (exact) mass is 409 g/mol. The molecule has 6 heteroatoms. The van der Waals surface area contributed by atoms with E-state index in [0.717, 1.165) is 18.5 Å². The second-order valence-corrected chi connectivity index (χ2v) is 8.45. The quantitative estimate of drug-likeness (QED) is 0.438. The Morgan fingerprint density at radius 3 is 2.45 bits per heavy atom. The van der Waals surface area contributed by atoms with Gasteiger partial charge in [0, 0.05) is 11.7 Å². The lowest BCUT2D eigenvalue weighted by Crippen LogP contribution is -2.28. The molecule has 0 aliphatic rings. The first kappa shape index (κ1) is 21.1. The van der Waals surface area contributed by atoms with Gasteiger partial charge in [-0.3, -0.25) is 14.2 Å². The highest BCUT2D eigenvalue weighted by Gasteiger charge is 2.21. The topological polar surface area (TPSA) is 64.0 Å².